The van der Waals surface area contributed by atoms with Gasteiger partial charge in [0.05, 0.1) is 24.9 Å². The van der Waals surface area contributed by atoms with E-state index >= 15 is 0 Å². The number of aryl methyl sites for hydroxylation is 1. The minimum Gasteiger partial charge on any atom is -0.497 e. The van der Waals surface area contributed by atoms with Crippen molar-refractivity contribution in [3.8, 4) is 5.75 Å². The molecule has 1 aromatic heterocycles. The van der Waals surface area contributed by atoms with E-state index in [0.717, 1.165) is 4.88 Å². The summed E-state index contributed by atoms with van der Waals surface area (Å²) in [4.78, 5) is 16.5. The van der Waals surface area contributed by atoms with E-state index < -0.39 is 5.97 Å². The van der Waals surface area contributed by atoms with Crippen LogP contribution in [0, 0.1) is 6.92 Å². The molecule has 0 aliphatic rings. The lowest BCUT2D eigenvalue weighted by Crippen LogP contribution is -2.03. The van der Waals surface area contributed by atoms with E-state index in [1.807, 2.05) is 6.92 Å². The maximum Gasteiger partial charge on any atom is 0.357 e. The summed E-state index contributed by atoms with van der Waals surface area (Å²) in [7, 11) is 2.91. The van der Waals surface area contributed by atoms with Gasteiger partial charge in [-0.25, -0.2) is 9.78 Å². The molecule has 0 spiro atoms. The van der Waals surface area contributed by atoms with Crippen LogP contribution in [0.2, 0.25) is 5.02 Å². The van der Waals surface area contributed by atoms with Crippen molar-refractivity contribution in [2.24, 2.45) is 0 Å². The van der Waals surface area contributed by atoms with Crippen molar-refractivity contribution in [1.29, 1.82) is 0 Å². The number of hydrogen-bond donors (Lipinski definition) is 1. The first-order valence-electron chi connectivity index (χ1n) is 5.71. The number of esters is 1. The Bertz CT molecular complexity index is 643. The van der Waals surface area contributed by atoms with Gasteiger partial charge in [0.15, 0.2) is 10.8 Å². The second kappa shape index (κ2) is 6.11. The average molecular weight is 313 g/mol. The van der Waals surface area contributed by atoms with E-state index in [2.05, 4.69) is 15.0 Å². The summed E-state index contributed by atoms with van der Waals surface area (Å²) in [6.45, 7) is 1.81. The molecule has 0 saturated heterocycles. The standard InChI is InChI=1S/C13H13ClN2O3S/c1-7-11(12(17)19-3)16-13(20-7)15-10-6-8(18-2)4-5-9(10)14/h4-6H,1-3H3,(H,15,16). The number of aromatic nitrogens is 1. The van der Waals surface area contributed by atoms with Crippen molar-refractivity contribution in [3.63, 3.8) is 0 Å². The predicted octanol–water partition coefficient (Wildman–Crippen LogP) is 3.64. The molecule has 0 aliphatic carbocycles. The van der Waals surface area contributed by atoms with Gasteiger partial charge in [0, 0.05) is 10.9 Å². The number of methoxy groups -OCH3 is 2. The zero-order chi connectivity index (χ0) is 14.7. The number of rotatable bonds is 4. The van der Waals surface area contributed by atoms with Crippen molar-refractivity contribution in [3.05, 3.63) is 33.8 Å². The highest BCUT2D eigenvalue weighted by Crippen LogP contribution is 2.32. The quantitative estimate of drug-likeness (QED) is 0.873. The third-order valence-electron chi connectivity index (χ3n) is 2.59. The Balaban J connectivity index is 2.28. The number of anilines is 2. The molecule has 20 heavy (non-hydrogen) atoms. The van der Waals surface area contributed by atoms with Crippen molar-refractivity contribution in [2.45, 2.75) is 6.92 Å². The Morgan fingerprint density at radius 2 is 2.15 bits per heavy atom. The topological polar surface area (TPSA) is 60.5 Å². The van der Waals surface area contributed by atoms with Gasteiger partial charge in [0.1, 0.15) is 5.75 Å². The fourth-order valence-electron chi connectivity index (χ4n) is 1.58. The molecule has 0 aliphatic heterocycles. The van der Waals surface area contributed by atoms with Gasteiger partial charge in [0.2, 0.25) is 0 Å². The number of nitrogens with one attached hydrogen (secondary N) is 1. The molecule has 1 N–H and O–H groups in total. The molecule has 5 nitrogen and oxygen atoms in total. The third kappa shape index (κ3) is 3.02. The minimum atomic E-state index is -0.455. The Kier molecular flexibility index (Phi) is 4.46. The van der Waals surface area contributed by atoms with Crippen molar-refractivity contribution >= 4 is 39.7 Å². The first-order valence-corrected chi connectivity index (χ1v) is 6.91. The van der Waals surface area contributed by atoms with E-state index in [4.69, 9.17) is 16.3 Å². The molecule has 0 amide bonds. The Hall–Kier alpha value is -1.79. The van der Waals surface area contributed by atoms with Crippen LogP contribution >= 0.6 is 22.9 Å². The van der Waals surface area contributed by atoms with Gasteiger partial charge in [-0.05, 0) is 19.1 Å². The average Bonchev–Trinajstić information content (AvgIpc) is 2.81. The second-order valence-electron chi connectivity index (χ2n) is 3.89. The van der Waals surface area contributed by atoms with Crippen LogP contribution in [0.15, 0.2) is 18.2 Å². The van der Waals surface area contributed by atoms with Gasteiger partial charge >= 0.3 is 5.97 Å². The van der Waals surface area contributed by atoms with E-state index in [9.17, 15) is 4.79 Å². The second-order valence-corrected chi connectivity index (χ2v) is 5.50. The maximum absolute atomic E-state index is 11.5. The molecule has 7 heteroatoms. The summed E-state index contributed by atoms with van der Waals surface area (Å²) in [5, 5.41) is 4.18. The van der Waals surface area contributed by atoms with Crippen molar-refractivity contribution < 1.29 is 14.3 Å². The maximum atomic E-state index is 11.5. The number of nitrogens with zero attached hydrogens (tertiary/aromatic N) is 1. The van der Waals surface area contributed by atoms with E-state index in [0.29, 0.717) is 27.3 Å². The van der Waals surface area contributed by atoms with Crippen LogP contribution in [0.5, 0.6) is 5.75 Å². The fraction of sp³-hybridized carbons (Fsp3) is 0.231. The number of halogens is 1. The van der Waals surface area contributed by atoms with Crippen molar-refractivity contribution in [1.82, 2.24) is 4.98 Å². The van der Waals surface area contributed by atoms with Crippen LogP contribution < -0.4 is 10.1 Å². The molecule has 0 saturated carbocycles. The lowest BCUT2D eigenvalue weighted by molar-refractivity contribution is 0.0594. The Labute approximate surface area is 125 Å². The summed E-state index contributed by atoms with van der Waals surface area (Å²) in [6, 6.07) is 5.25. The van der Waals surface area contributed by atoms with Crippen LogP contribution in [0.4, 0.5) is 10.8 Å². The normalized spacial score (nSPS) is 10.2. The molecular weight excluding hydrogens is 300 g/mol. The van der Waals surface area contributed by atoms with Gasteiger partial charge < -0.3 is 14.8 Å². The first-order chi connectivity index (χ1) is 9.55. The highest BCUT2D eigenvalue weighted by molar-refractivity contribution is 7.15. The molecule has 2 rings (SSSR count). The summed E-state index contributed by atoms with van der Waals surface area (Å²) in [5.74, 6) is 0.224. The van der Waals surface area contributed by atoms with Crippen LogP contribution in [0.25, 0.3) is 0 Å². The number of thiazole rings is 1. The SMILES string of the molecule is COC(=O)c1nc(Nc2cc(OC)ccc2Cl)sc1C. The molecule has 0 bridgehead atoms. The Morgan fingerprint density at radius 1 is 1.40 bits per heavy atom. The number of benzene rings is 1. The van der Waals surface area contributed by atoms with E-state index in [1.165, 1.54) is 18.4 Å². The van der Waals surface area contributed by atoms with Crippen LogP contribution in [0.1, 0.15) is 15.4 Å². The fourth-order valence-corrected chi connectivity index (χ4v) is 2.56. The molecule has 1 heterocycles. The molecular formula is C13H13ClN2O3S. The summed E-state index contributed by atoms with van der Waals surface area (Å²) in [6.07, 6.45) is 0. The molecule has 1 aromatic carbocycles. The lowest BCUT2D eigenvalue weighted by atomic mass is 10.3. The molecule has 106 valence electrons. The van der Waals surface area contributed by atoms with Gasteiger partial charge in [-0.3, -0.25) is 0 Å². The molecule has 0 fully saturated rings. The predicted molar refractivity (Wildman–Crippen MR) is 79.5 cm³/mol. The first kappa shape index (κ1) is 14.6. The van der Waals surface area contributed by atoms with Crippen molar-refractivity contribution in [2.75, 3.05) is 19.5 Å². The zero-order valence-corrected chi connectivity index (χ0v) is 12.8. The van der Waals surface area contributed by atoms with Gasteiger partial charge in [-0.1, -0.05) is 11.6 Å². The van der Waals surface area contributed by atoms with E-state index in [1.54, 1.807) is 25.3 Å². The zero-order valence-electron chi connectivity index (χ0n) is 11.2. The highest BCUT2D eigenvalue weighted by atomic mass is 35.5. The van der Waals surface area contributed by atoms with Gasteiger partial charge in [-0.15, -0.1) is 11.3 Å². The summed E-state index contributed by atoms with van der Waals surface area (Å²) in [5.41, 5.74) is 0.968. The third-order valence-corrected chi connectivity index (χ3v) is 3.81. The molecule has 0 radical (unpaired) electrons. The summed E-state index contributed by atoms with van der Waals surface area (Å²) >= 11 is 7.46. The number of ether oxygens (including phenoxy) is 2. The number of carbonyl (C=O) groups excluding carboxylic acids is 1. The van der Waals surface area contributed by atoms with Crippen LogP contribution in [-0.2, 0) is 4.74 Å². The number of hydrogen-bond acceptors (Lipinski definition) is 6. The van der Waals surface area contributed by atoms with E-state index in [-0.39, 0.29) is 0 Å². The number of carbonyl (C=O) groups is 1. The highest BCUT2D eigenvalue weighted by Gasteiger charge is 2.16. The molecule has 0 atom stereocenters. The molecule has 0 unspecified atom stereocenters. The van der Waals surface area contributed by atoms with Gasteiger partial charge in [0.25, 0.3) is 0 Å². The van der Waals surface area contributed by atoms with Crippen LogP contribution in [0.3, 0.4) is 0 Å². The lowest BCUT2D eigenvalue weighted by Gasteiger charge is -2.07. The van der Waals surface area contributed by atoms with Crippen LogP contribution in [-0.4, -0.2) is 25.2 Å². The largest absolute Gasteiger partial charge is 0.497 e. The Morgan fingerprint density at radius 3 is 2.80 bits per heavy atom. The minimum absolute atomic E-state index is 0.305. The van der Waals surface area contributed by atoms with Gasteiger partial charge in [-0.2, -0.15) is 0 Å². The smallest absolute Gasteiger partial charge is 0.357 e. The monoisotopic (exact) mass is 312 g/mol. The molecule has 2 aromatic rings. The summed E-state index contributed by atoms with van der Waals surface area (Å²) < 4.78 is 9.81.